The Morgan fingerprint density at radius 2 is 1.71 bits per heavy atom. The Kier molecular flexibility index (Phi) is 4.01. The summed E-state index contributed by atoms with van der Waals surface area (Å²) >= 11 is 1.59. The van der Waals surface area contributed by atoms with Crippen LogP contribution >= 0.6 is 11.8 Å². The van der Waals surface area contributed by atoms with Crippen LogP contribution in [0.25, 0.3) is 11.4 Å². The summed E-state index contributed by atoms with van der Waals surface area (Å²) in [6.45, 7) is 0. The van der Waals surface area contributed by atoms with Crippen LogP contribution in [0.5, 0.6) is 0 Å². The first kappa shape index (κ1) is 13.8. The first-order valence-corrected chi connectivity index (χ1v) is 7.54. The van der Waals surface area contributed by atoms with Gasteiger partial charge in [0.25, 0.3) is 0 Å². The van der Waals surface area contributed by atoms with Gasteiger partial charge >= 0.3 is 0 Å². The summed E-state index contributed by atoms with van der Waals surface area (Å²) in [5.41, 5.74) is 2.10. The SMILES string of the molecule is Cn1c(SCc2ccc(F)cc2)nnc1-c1ccccc1. The number of nitrogens with zero attached hydrogens (tertiary/aromatic N) is 3. The zero-order valence-corrected chi connectivity index (χ0v) is 12.3. The molecule has 3 nitrogen and oxygen atoms in total. The van der Waals surface area contributed by atoms with Crippen molar-refractivity contribution in [1.82, 2.24) is 14.8 Å². The second-order valence-electron chi connectivity index (χ2n) is 4.65. The minimum Gasteiger partial charge on any atom is -0.305 e. The molecule has 0 unspecified atom stereocenters. The van der Waals surface area contributed by atoms with E-state index in [9.17, 15) is 4.39 Å². The summed E-state index contributed by atoms with van der Waals surface area (Å²) in [5, 5.41) is 9.32. The standard InChI is InChI=1S/C16H14FN3S/c1-20-15(13-5-3-2-4-6-13)18-19-16(20)21-11-12-7-9-14(17)10-8-12/h2-10H,11H2,1H3. The summed E-state index contributed by atoms with van der Waals surface area (Å²) in [5.74, 6) is 1.37. The molecule has 0 N–H and O–H groups in total. The largest absolute Gasteiger partial charge is 0.305 e. The summed E-state index contributed by atoms with van der Waals surface area (Å²) in [4.78, 5) is 0. The fraction of sp³-hybridized carbons (Fsp3) is 0.125. The van der Waals surface area contributed by atoms with Gasteiger partial charge in [-0.25, -0.2) is 4.39 Å². The number of hydrogen-bond acceptors (Lipinski definition) is 3. The van der Waals surface area contributed by atoms with E-state index >= 15 is 0 Å². The molecule has 1 heterocycles. The molecule has 0 saturated carbocycles. The van der Waals surface area contributed by atoms with Crippen LogP contribution in [-0.2, 0) is 12.8 Å². The predicted octanol–water partition coefficient (Wildman–Crippen LogP) is 3.91. The van der Waals surface area contributed by atoms with Crippen molar-refractivity contribution in [2.75, 3.05) is 0 Å². The van der Waals surface area contributed by atoms with E-state index in [2.05, 4.69) is 10.2 Å². The van der Waals surface area contributed by atoms with Gasteiger partial charge in [0, 0.05) is 18.4 Å². The summed E-state index contributed by atoms with van der Waals surface area (Å²) in [6.07, 6.45) is 0. The number of halogens is 1. The third kappa shape index (κ3) is 3.13. The second kappa shape index (κ2) is 6.10. The van der Waals surface area contributed by atoms with Crippen LogP contribution in [0.1, 0.15) is 5.56 Å². The molecule has 0 aliphatic carbocycles. The molecule has 1 aromatic heterocycles. The first-order valence-electron chi connectivity index (χ1n) is 6.56. The number of benzene rings is 2. The molecule has 2 aromatic carbocycles. The average Bonchev–Trinajstić information content (AvgIpc) is 2.89. The van der Waals surface area contributed by atoms with Crippen LogP contribution in [0.3, 0.4) is 0 Å². The molecule has 0 atom stereocenters. The van der Waals surface area contributed by atoms with Crippen molar-refractivity contribution in [3.05, 3.63) is 66.0 Å². The summed E-state index contributed by atoms with van der Waals surface area (Å²) < 4.78 is 14.8. The van der Waals surface area contributed by atoms with Gasteiger partial charge in [-0.2, -0.15) is 0 Å². The van der Waals surface area contributed by atoms with E-state index in [0.717, 1.165) is 27.9 Å². The van der Waals surface area contributed by atoms with Crippen LogP contribution in [0.4, 0.5) is 4.39 Å². The summed E-state index contributed by atoms with van der Waals surface area (Å²) in [6, 6.07) is 16.5. The van der Waals surface area contributed by atoms with Crippen molar-refractivity contribution in [2.45, 2.75) is 10.9 Å². The molecule has 0 fully saturated rings. The van der Waals surface area contributed by atoms with Gasteiger partial charge in [0.15, 0.2) is 11.0 Å². The maximum Gasteiger partial charge on any atom is 0.191 e. The summed E-state index contributed by atoms with van der Waals surface area (Å²) in [7, 11) is 1.95. The molecular formula is C16H14FN3S. The average molecular weight is 299 g/mol. The third-order valence-corrected chi connectivity index (χ3v) is 4.24. The highest BCUT2D eigenvalue weighted by atomic mass is 32.2. The molecular weight excluding hydrogens is 285 g/mol. The number of aromatic nitrogens is 3. The quantitative estimate of drug-likeness (QED) is 0.684. The van der Waals surface area contributed by atoms with E-state index in [1.165, 1.54) is 12.1 Å². The van der Waals surface area contributed by atoms with Crippen molar-refractivity contribution in [3.8, 4) is 11.4 Å². The van der Waals surface area contributed by atoms with E-state index in [0.29, 0.717) is 0 Å². The lowest BCUT2D eigenvalue weighted by Crippen LogP contribution is -1.95. The van der Waals surface area contributed by atoms with Crippen molar-refractivity contribution < 1.29 is 4.39 Å². The van der Waals surface area contributed by atoms with Crippen molar-refractivity contribution in [3.63, 3.8) is 0 Å². The normalized spacial score (nSPS) is 10.8. The van der Waals surface area contributed by atoms with E-state index in [1.807, 2.05) is 41.9 Å². The van der Waals surface area contributed by atoms with Crippen molar-refractivity contribution in [1.29, 1.82) is 0 Å². The highest BCUT2D eigenvalue weighted by molar-refractivity contribution is 7.98. The molecule has 0 spiro atoms. The molecule has 21 heavy (non-hydrogen) atoms. The zero-order chi connectivity index (χ0) is 14.7. The lowest BCUT2D eigenvalue weighted by molar-refractivity contribution is 0.627. The fourth-order valence-corrected chi connectivity index (χ4v) is 2.87. The molecule has 3 rings (SSSR count). The van der Waals surface area contributed by atoms with Gasteiger partial charge in [0.1, 0.15) is 5.82 Å². The molecule has 0 aliphatic rings. The minimum atomic E-state index is -0.214. The third-order valence-electron chi connectivity index (χ3n) is 3.15. The van der Waals surface area contributed by atoms with Crippen LogP contribution < -0.4 is 0 Å². The lowest BCUT2D eigenvalue weighted by Gasteiger charge is -2.04. The van der Waals surface area contributed by atoms with Gasteiger partial charge in [-0.15, -0.1) is 10.2 Å². The zero-order valence-electron chi connectivity index (χ0n) is 11.5. The number of rotatable bonds is 4. The predicted molar refractivity (Wildman–Crippen MR) is 82.4 cm³/mol. The minimum absolute atomic E-state index is 0.214. The first-order chi connectivity index (χ1) is 10.2. The topological polar surface area (TPSA) is 30.7 Å². The van der Waals surface area contributed by atoms with Gasteiger partial charge in [0.2, 0.25) is 0 Å². The molecule has 3 aromatic rings. The van der Waals surface area contributed by atoms with Crippen LogP contribution in [-0.4, -0.2) is 14.8 Å². The molecule has 0 bridgehead atoms. The Labute approximate surface area is 126 Å². The van der Waals surface area contributed by atoms with Gasteiger partial charge in [-0.1, -0.05) is 54.2 Å². The van der Waals surface area contributed by atoms with Gasteiger partial charge in [-0.05, 0) is 17.7 Å². The highest BCUT2D eigenvalue weighted by Crippen LogP contribution is 2.25. The van der Waals surface area contributed by atoms with Gasteiger partial charge in [-0.3, -0.25) is 0 Å². The Hall–Kier alpha value is -2.14. The molecule has 0 radical (unpaired) electrons. The maximum absolute atomic E-state index is 12.9. The fourth-order valence-electron chi connectivity index (χ4n) is 2.01. The maximum atomic E-state index is 12.9. The van der Waals surface area contributed by atoms with E-state index in [4.69, 9.17) is 0 Å². The van der Waals surface area contributed by atoms with Crippen molar-refractivity contribution >= 4 is 11.8 Å². The molecule has 5 heteroatoms. The van der Waals surface area contributed by atoms with Gasteiger partial charge < -0.3 is 4.57 Å². The Morgan fingerprint density at radius 3 is 2.43 bits per heavy atom. The number of hydrogen-bond donors (Lipinski definition) is 0. The van der Waals surface area contributed by atoms with Gasteiger partial charge in [0.05, 0.1) is 0 Å². The monoisotopic (exact) mass is 299 g/mol. The Balaban J connectivity index is 1.75. The van der Waals surface area contributed by atoms with E-state index < -0.39 is 0 Å². The highest BCUT2D eigenvalue weighted by Gasteiger charge is 2.10. The van der Waals surface area contributed by atoms with Crippen LogP contribution in [0.15, 0.2) is 59.8 Å². The Bertz CT molecular complexity index is 723. The van der Waals surface area contributed by atoms with E-state index in [1.54, 1.807) is 23.9 Å². The lowest BCUT2D eigenvalue weighted by atomic mass is 10.2. The van der Waals surface area contributed by atoms with Crippen molar-refractivity contribution in [2.24, 2.45) is 7.05 Å². The molecule has 0 amide bonds. The van der Waals surface area contributed by atoms with E-state index in [-0.39, 0.29) is 5.82 Å². The molecule has 106 valence electrons. The second-order valence-corrected chi connectivity index (χ2v) is 5.59. The molecule has 0 saturated heterocycles. The van der Waals surface area contributed by atoms with Crippen LogP contribution in [0.2, 0.25) is 0 Å². The smallest absolute Gasteiger partial charge is 0.191 e. The van der Waals surface area contributed by atoms with Crippen LogP contribution in [0, 0.1) is 5.82 Å². The Morgan fingerprint density at radius 1 is 1.00 bits per heavy atom. The number of thioether (sulfide) groups is 1. The molecule has 0 aliphatic heterocycles.